The number of nitrogens with one attached hydrogen (secondary N) is 1. The van der Waals surface area contributed by atoms with E-state index in [2.05, 4.69) is 29.9 Å². The second kappa shape index (κ2) is 6.69. The molecule has 1 saturated carbocycles. The third-order valence-electron chi connectivity index (χ3n) is 4.57. The largest absolute Gasteiger partial charge is 0.470 e. The zero-order valence-electron chi connectivity index (χ0n) is 14.1. The Morgan fingerprint density at radius 1 is 1.11 bits per heavy atom. The van der Waals surface area contributed by atoms with Crippen LogP contribution in [-0.2, 0) is 11.7 Å². The first-order valence-corrected chi connectivity index (χ1v) is 8.61. The SMILES string of the molecule is Fc1ccc(Cl)cc1C1(Nc2ncc(-c3nnc(C(F)(F)F)o3)cn2)CCC1. The number of hydrogen-bond acceptors (Lipinski definition) is 6. The van der Waals surface area contributed by atoms with Gasteiger partial charge in [0.25, 0.3) is 5.89 Å². The van der Waals surface area contributed by atoms with Crippen LogP contribution in [-0.4, -0.2) is 20.2 Å². The summed E-state index contributed by atoms with van der Waals surface area (Å²) in [5, 5.41) is 9.84. The molecule has 0 aliphatic heterocycles. The van der Waals surface area contributed by atoms with Crippen molar-refractivity contribution in [2.45, 2.75) is 31.0 Å². The van der Waals surface area contributed by atoms with E-state index in [4.69, 9.17) is 11.6 Å². The van der Waals surface area contributed by atoms with E-state index in [9.17, 15) is 17.6 Å². The second-order valence-corrected chi connectivity index (χ2v) is 6.83. The van der Waals surface area contributed by atoms with Crippen molar-refractivity contribution in [3.63, 3.8) is 0 Å². The molecule has 0 amide bonds. The van der Waals surface area contributed by atoms with Gasteiger partial charge in [-0.2, -0.15) is 13.2 Å². The Morgan fingerprint density at radius 2 is 1.82 bits per heavy atom. The molecule has 1 aliphatic rings. The van der Waals surface area contributed by atoms with Gasteiger partial charge >= 0.3 is 12.1 Å². The number of halogens is 5. The number of rotatable bonds is 4. The summed E-state index contributed by atoms with van der Waals surface area (Å²) in [6, 6.07) is 4.34. The van der Waals surface area contributed by atoms with E-state index < -0.39 is 23.4 Å². The summed E-state index contributed by atoms with van der Waals surface area (Å²) in [5.41, 5.74) is -0.138. The van der Waals surface area contributed by atoms with Gasteiger partial charge in [-0.1, -0.05) is 11.6 Å². The lowest BCUT2D eigenvalue weighted by atomic mass is 9.71. The number of nitrogens with zero attached hydrogens (tertiary/aromatic N) is 4. The normalized spacial score (nSPS) is 15.9. The summed E-state index contributed by atoms with van der Waals surface area (Å²) in [6.45, 7) is 0. The second-order valence-electron chi connectivity index (χ2n) is 6.39. The first kappa shape index (κ1) is 18.6. The highest BCUT2D eigenvalue weighted by Crippen LogP contribution is 2.45. The van der Waals surface area contributed by atoms with E-state index in [1.54, 1.807) is 6.07 Å². The lowest BCUT2D eigenvalue weighted by Crippen LogP contribution is -2.43. The third-order valence-corrected chi connectivity index (χ3v) is 4.80. The predicted octanol–water partition coefficient (Wildman–Crippen LogP) is 4.83. The quantitative estimate of drug-likeness (QED) is 0.617. The zero-order valence-corrected chi connectivity index (χ0v) is 14.9. The molecule has 0 unspecified atom stereocenters. The molecule has 2 heterocycles. The lowest BCUT2D eigenvalue weighted by Gasteiger charge is -2.43. The minimum Gasteiger partial charge on any atom is -0.413 e. The molecule has 0 atom stereocenters. The monoisotopic (exact) mass is 413 g/mol. The molecule has 1 aliphatic carbocycles. The topological polar surface area (TPSA) is 76.7 Å². The predicted molar refractivity (Wildman–Crippen MR) is 90.9 cm³/mol. The van der Waals surface area contributed by atoms with Crippen LogP contribution >= 0.6 is 11.6 Å². The third kappa shape index (κ3) is 3.39. The Balaban J connectivity index is 1.57. The van der Waals surface area contributed by atoms with Crippen LogP contribution in [0.25, 0.3) is 11.5 Å². The summed E-state index contributed by atoms with van der Waals surface area (Å²) in [7, 11) is 0. The van der Waals surface area contributed by atoms with Crippen LogP contribution in [0.3, 0.4) is 0 Å². The van der Waals surface area contributed by atoms with Gasteiger partial charge in [0.2, 0.25) is 5.95 Å². The highest BCUT2D eigenvalue weighted by Gasteiger charge is 2.41. The van der Waals surface area contributed by atoms with Crippen LogP contribution < -0.4 is 5.32 Å². The van der Waals surface area contributed by atoms with Crippen LogP contribution in [0.2, 0.25) is 5.02 Å². The summed E-state index contributed by atoms with van der Waals surface area (Å²) in [4.78, 5) is 8.17. The zero-order chi connectivity index (χ0) is 19.9. The Kier molecular flexibility index (Phi) is 4.45. The van der Waals surface area contributed by atoms with Crippen LogP contribution in [0, 0.1) is 5.82 Å². The molecule has 3 aromatic rings. The van der Waals surface area contributed by atoms with Crippen molar-refractivity contribution < 1.29 is 22.0 Å². The number of hydrogen-bond donors (Lipinski definition) is 1. The molecule has 6 nitrogen and oxygen atoms in total. The van der Waals surface area contributed by atoms with Gasteiger partial charge in [-0.25, -0.2) is 14.4 Å². The molecule has 0 bridgehead atoms. The van der Waals surface area contributed by atoms with E-state index in [0.717, 1.165) is 6.42 Å². The maximum Gasteiger partial charge on any atom is 0.470 e. The fourth-order valence-corrected chi connectivity index (χ4v) is 3.20. The first-order valence-electron chi connectivity index (χ1n) is 8.24. The molecule has 2 aromatic heterocycles. The minimum atomic E-state index is -4.73. The Bertz CT molecular complexity index is 1000. The molecule has 28 heavy (non-hydrogen) atoms. The smallest absolute Gasteiger partial charge is 0.413 e. The molecule has 0 saturated heterocycles. The first-order chi connectivity index (χ1) is 13.3. The van der Waals surface area contributed by atoms with E-state index in [0.29, 0.717) is 23.4 Å². The van der Waals surface area contributed by atoms with E-state index in [-0.39, 0.29) is 17.4 Å². The van der Waals surface area contributed by atoms with Crippen LogP contribution in [0.5, 0.6) is 0 Å². The lowest BCUT2D eigenvalue weighted by molar-refractivity contribution is -0.156. The highest BCUT2D eigenvalue weighted by molar-refractivity contribution is 6.30. The van der Waals surface area contributed by atoms with Crippen LogP contribution in [0.4, 0.5) is 23.5 Å². The Labute approximate surface area is 161 Å². The number of aromatic nitrogens is 4. The molecule has 1 aromatic carbocycles. The van der Waals surface area contributed by atoms with Gasteiger partial charge in [-0.15, -0.1) is 10.2 Å². The number of anilines is 1. The standard InChI is InChI=1S/C17H12ClF4N5O/c18-10-2-3-12(19)11(6-10)16(4-1-5-16)25-15-23-7-9(8-24-15)13-26-27-14(28-13)17(20,21)22/h2-3,6-8H,1,4-5H2,(H,23,24,25). The number of alkyl halides is 3. The van der Waals surface area contributed by atoms with Crippen LogP contribution in [0.15, 0.2) is 35.0 Å². The van der Waals surface area contributed by atoms with Gasteiger partial charge in [0.1, 0.15) is 5.82 Å². The maximum absolute atomic E-state index is 14.3. The van der Waals surface area contributed by atoms with E-state index in [1.807, 2.05) is 0 Å². The molecular formula is C17H12ClF4N5O. The summed E-state index contributed by atoms with van der Waals surface area (Å²) < 4.78 is 56.6. The number of benzene rings is 1. The van der Waals surface area contributed by atoms with E-state index in [1.165, 1.54) is 24.5 Å². The van der Waals surface area contributed by atoms with Gasteiger partial charge in [0, 0.05) is 23.0 Å². The summed E-state index contributed by atoms with van der Waals surface area (Å²) in [6.07, 6.45) is -0.0141. The van der Waals surface area contributed by atoms with Gasteiger partial charge in [-0.05, 0) is 37.5 Å². The Morgan fingerprint density at radius 3 is 2.39 bits per heavy atom. The molecule has 0 radical (unpaired) electrons. The van der Waals surface area contributed by atoms with Crippen molar-refractivity contribution in [2.75, 3.05) is 5.32 Å². The van der Waals surface area contributed by atoms with Gasteiger partial charge in [-0.3, -0.25) is 0 Å². The molecule has 11 heteroatoms. The molecule has 146 valence electrons. The minimum absolute atomic E-state index is 0.130. The Hall–Kier alpha value is -2.75. The van der Waals surface area contributed by atoms with Gasteiger partial charge in [0.15, 0.2) is 0 Å². The highest BCUT2D eigenvalue weighted by atomic mass is 35.5. The molecule has 4 rings (SSSR count). The maximum atomic E-state index is 14.3. The molecule has 1 N–H and O–H groups in total. The van der Waals surface area contributed by atoms with Crippen LogP contribution in [0.1, 0.15) is 30.7 Å². The molecular weight excluding hydrogens is 402 g/mol. The molecule has 0 spiro atoms. The van der Waals surface area contributed by atoms with Crippen molar-refractivity contribution >= 4 is 17.5 Å². The van der Waals surface area contributed by atoms with Crippen molar-refractivity contribution in [3.8, 4) is 11.5 Å². The fraction of sp³-hybridized carbons (Fsp3) is 0.294. The fourth-order valence-electron chi connectivity index (χ4n) is 3.03. The van der Waals surface area contributed by atoms with Gasteiger partial charge < -0.3 is 9.73 Å². The van der Waals surface area contributed by atoms with Crippen molar-refractivity contribution in [2.24, 2.45) is 0 Å². The van der Waals surface area contributed by atoms with Gasteiger partial charge in [0.05, 0.1) is 11.1 Å². The molecule has 1 fully saturated rings. The average molecular weight is 414 g/mol. The average Bonchev–Trinajstić information content (AvgIpc) is 3.11. The van der Waals surface area contributed by atoms with Crippen molar-refractivity contribution in [1.29, 1.82) is 0 Å². The van der Waals surface area contributed by atoms with Crippen molar-refractivity contribution in [3.05, 3.63) is 52.9 Å². The summed E-state index contributed by atoms with van der Waals surface area (Å²) in [5.74, 6) is -2.00. The van der Waals surface area contributed by atoms with E-state index >= 15 is 0 Å². The van der Waals surface area contributed by atoms with Crippen molar-refractivity contribution in [1.82, 2.24) is 20.2 Å². The summed E-state index contributed by atoms with van der Waals surface area (Å²) >= 11 is 6.00.